The Hall–Kier alpha value is -3.76. The normalized spacial score (nSPS) is 11.3. The van der Waals surface area contributed by atoms with Gasteiger partial charge in [-0.1, -0.05) is 41.9 Å². The number of nitro groups is 1. The molecule has 0 aliphatic heterocycles. The number of anilines is 1. The predicted octanol–water partition coefficient (Wildman–Crippen LogP) is 3.59. The van der Waals surface area contributed by atoms with Crippen LogP contribution in [-0.2, 0) is 14.8 Å². The molecule has 0 fully saturated rings. The summed E-state index contributed by atoms with van der Waals surface area (Å²) in [6.07, 6.45) is 1.12. The first-order valence-corrected chi connectivity index (χ1v) is 11.0. The van der Waals surface area contributed by atoms with Gasteiger partial charge in [0.25, 0.3) is 21.6 Å². The molecule has 3 rings (SSSR count). The third-order valence-corrected chi connectivity index (χ3v) is 6.30. The Balaban J connectivity index is 1.83. The van der Waals surface area contributed by atoms with Crippen molar-refractivity contribution < 1.29 is 18.1 Å². The van der Waals surface area contributed by atoms with Crippen LogP contribution in [0.15, 0.2) is 88.9 Å². The number of hydrogen-bond donors (Lipinski definition) is 1. The molecule has 0 radical (unpaired) electrons. The van der Waals surface area contributed by atoms with Crippen molar-refractivity contribution >= 4 is 45.1 Å². The van der Waals surface area contributed by atoms with Crippen LogP contribution in [0.2, 0.25) is 5.02 Å². The summed E-state index contributed by atoms with van der Waals surface area (Å²) in [4.78, 5) is 23.0. The maximum Gasteiger partial charge on any atom is 0.278 e. The smallest absolute Gasteiger partial charge is 0.271 e. The molecule has 0 heterocycles. The molecular weight excluding hydrogens is 456 g/mol. The average Bonchev–Trinajstić information content (AvgIpc) is 2.79. The number of sulfonamides is 1. The second kappa shape index (κ2) is 10.0. The summed E-state index contributed by atoms with van der Waals surface area (Å²) in [5.41, 5.74) is 2.44. The van der Waals surface area contributed by atoms with Gasteiger partial charge < -0.3 is 0 Å². The molecule has 1 N–H and O–H groups in total. The molecule has 0 aliphatic rings. The summed E-state index contributed by atoms with van der Waals surface area (Å²) >= 11 is 5.90. The van der Waals surface area contributed by atoms with Crippen molar-refractivity contribution in [2.24, 2.45) is 5.10 Å². The van der Waals surface area contributed by atoms with Crippen LogP contribution >= 0.6 is 11.6 Å². The monoisotopic (exact) mass is 472 g/mol. The number of nitro benzene ring substituents is 1. The number of nitrogens with one attached hydrogen (secondary N) is 1. The van der Waals surface area contributed by atoms with E-state index in [2.05, 4.69) is 10.5 Å². The Labute approximate surface area is 189 Å². The van der Waals surface area contributed by atoms with E-state index in [0.717, 1.165) is 10.5 Å². The molecule has 0 saturated carbocycles. The highest BCUT2D eigenvalue weighted by molar-refractivity contribution is 7.92. The lowest BCUT2D eigenvalue weighted by atomic mass is 10.2. The highest BCUT2D eigenvalue weighted by Gasteiger charge is 2.27. The zero-order valence-electron chi connectivity index (χ0n) is 16.5. The molecule has 3 aromatic rings. The van der Waals surface area contributed by atoms with Crippen molar-refractivity contribution in [3.63, 3.8) is 0 Å². The number of halogens is 1. The maximum absolute atomic E-state index is 13.2. The van der Waals surface area contributed by atoms with Crippen molar-refractivity contribution in [2.75, 3.05) is 10.8 Å². The molecule has 32 heavy (non-hydrogen) atoms. The van der Waals surface area contributed by atoms with E-state index in [1.165, 1.54) is 54.6 Å². The number of rotatable bonds is 8. The first-order chi connectivity index (χ1) is 15.3. The van der Waals surface area contributed by atoms with Gasteiger partial charge in [-0.15, -0.1) is 0 Å². The fourth-order valence-corrected chi connectivity index (χ4v) is 4.31. The highest BCUT2D eigenvalue weighted by atomic mass is 35.5. The number of carbonyl (C=O) groups excluding carboxylic acids is 1. The van der Waals surface area contributed by atoms with Crippen LogP contribution in [0.1, 0.15) is 5.56 Å². The lowest BCUT2D eigenvalue weighted by Crippen LogP contribution is -2.39. The minimum Gasteiger partial charge on any atom is -0.271 e. The second-order valence-electron chi connectivity index (χ2n) is 6.41. The van der Waals surface area contributed by atoms with Crippen molar-refractivity contribution in [3.8, 4) is 0 Å². The van der Waals surface area contributed by atoms with Crippen LogP contribution < -0.4 is 9.73 Å². The third kappa shape index (κ3) is 5.48. The predicted molar refractivity (Wildman–Crippen MR) is 121 cm³/mol. The van der Waals surface area contributed by atoms with Crippen LogP contribution in [-0.4, -0.2) is 32.0 Å². The molecule has 0 bridgehead atoms. The van der Waals surface area contributed by atoms with E-state index < -0.39 is 27.4 Å². The minimum atomic E-state index is -4.07. The molecule has 0 spiro atoms. The summed E-state index contributed by atoms with van der Waals surface area (Å²) in [5.74, 6) is -0.741. The second-order valence-corrected chi connectivity index (χ2v) is 8.71. The topological polar surface area (TPSA) is 122 Å². The molecule has 0 unspecified atom stereocenters. The Morgan fingerprint density at radius 3 is 2.31 bits per heavy atom. The van der Waals surface area contributed by atoms with Gasteiger partial charge in [0.15, 0.2) is 0 Å². The van der Waals surface area contributed by atoms with Crippen molar-refractivity contribution in [2.45, 2.75) is 4.90 Å². The van der Waals surface area contributed by atoms with Gasteiger partial charge in [-0.2, -0.15) is 5.10 Å². The molecule has 1 amide bonds. The Morgan fingerprint density at radius 2 is 1.66 bits per heavy atom. The van der Waals surface area contributed by atoms with E-state index in [0.29, 0.717) is 5.02 Å². The zero-order valence-corrected chi connectivity index (χ0v) is 18.0. The molecule has 0 aromatic heterocycles. The summed E-state index contributed by atoms with van der Waals surface area (Å²) in [7, 11) is -4.07. The maximum atomic E-state index is 13.2. The van der Waals surface area contributed by atoms with Gasteiger partial charge in [-0.25, -0.2) is 13.8 Å². The van der Waals surface area contributed by atoms with Gasteiger partial charge in [-0.05, 0) is 42.5 Å². The van der Waals surface area contributed by atoms with Gasteiger partial charge in [0.05, 0.1) is 27.3 Å². The number of amides is 1. The lowest BCUT2D eigenvalue weighted by molar-refractivity contribution is -0.385. The average molecular weight is 473 g/mol. The van der Waals surface area contributed by atoms with Crippen LogP contribution in [0.3, 0.4) is 0 Å². The van der Waals surface area contributed by atoms with E-state index in [1.807, 2.05) is 0 Å². The molecule has 9 nitrogen and oxygen atoms in total. The zero-order chi connectivity index (χ0) is 23.1. The van der Waals surface area contributed by atoms with E-state index in [4.69, 9.17) is 11.6 Å². The largest absolute Gasteiger partial charge is 0.278 e. The highest BCUT2D eigenvalue weighted by Crippen LogP contribution is 2.25. The molecule has 11 heteroatoms. The molecular formula is C21H17ClN4O5S. The van der Waals surface area contributed by atoms with Crippen LogP contribution in [0, 0.1) is 10.1 Å². The first kappa shape index (κ1) is 22.9. The van der Waals surface area contributed by atoms with Crippen LogP contribution in [0.25, 0.3) is 0 Å². The fourth-order valence-electron chi connectivity index (χ4n) is 2.74. The molecule has 0 saturated heterocycles. The Kier molecular flexibility index (Phi) is 7.18. The van der Waals surface area contributed by atoms with Gasteiger partial charge in [0.1, 0.15) is 6.54 Å². The number of carbonyl (C=O) groups is 1. The Bertz CT molecular complexity index is 1250. The molecule has 0 aliphatic carbocycles. The summed E-state index contributed by atoms with van der Waals surface area (Å²) in [6, 6.07) is 19.5. The van der Waals surface area contributed by atoms with Gasteiger partial charge in [-0.3, -0.25) is 19.2 Å². The van der Waals surface area contributed by atoms with Crippen molar-refractivity contribution in [1.82, 2.24) is 5.43 Å². The van der Waals surface area contributed by atoms with Crippen LogP contribution in [0.5, 0.6) is 0 Å². The summed E-state index contributed by atoms with van der Waals surface area (Å²) in [5, 5.41) is 15.2. The number of nitrogens with zero attached hydrogens (tertiary/aromatic N) is 3. The van der Waals surface area contributed by atoms with E-state index in [9.17, 15) is 23.3 Å². The molecule has 3 aromatic carbocycles. The lowest BCUT2D eigenvalue weighted by Gasteiger charge is -2.23. The van der Waals surface area contributed by atoms with Crippen LogP contribution in [0.4, 0.5) is 11.4 Å². The molecule has 0 atom stereocenters. The fraction of sp³-hybridized carbons (Fsp3) is 0.0476. The van der Waals surface area contributed by atoms with Gasteiger partial charge >= 0.3 is 0 Å². The van der Waals surface area contributed by atoms with E-state index in [-0.39, 0.29) is 21.8 Å². The SMILES string of the molecule is O=C(CN(c1ccc(Cl)cc1)S(=O)(=O)c1ccccc1)N/N=C\c1ccccc1[N+](=O)[O-]. The van der Waals surface area contributed by atoms with Crippen molar-refractivity contribution in [3.05, 3.63) is 99.6 Å². The number of hydrazone groups is 1. The number of para-hydroxylation sites is 1. The Morgan fingerprint density at radius 1 is 1.03 bits per heavy atom. The first-order valence-electron chi connectivity index (χ1n) is 9.18. The standard InChI is InChI=1S/C21H17ClN4O5S/c22-17-10-12-18(13-11-17)25(32(30,31)19-7-2-1-3-8-19)15-21(27)24-23-14-16-6-4-5-9-20(16)26(28)29/h1-14H,15H2,(H,24,27)/b23-14-. The molecule has 164 valence electrons. The van der Waals surface area contributed by atoms with Gasteiger partial charge in [0, 0.05) is 11.1 Å². The number of benzene rings is 3. The van der Waals surface area contributed by atoms with Crippen molar-refractivity contribution in [1.29, 1.82) is 0 Å². The quantitative estimate of drug-likeness (QED) is 0.305. The van der Waals surface area contributed by atoms with Gasteiger partial charge in [0.2, 0.25) is 0 Å². The van der Waals surface area contributed by atoms with E-state index in [1.54, 1.807) is 24.3 Å². The number of hydrogen-bond acceptors (Lipinski definition) is 6. The summed E-state index contributed by atoms with van der Waals surface area (Å²) in [6.45, 7) is -0.576. The minimum absolute atomic E-state index is 0.00571. The third-order valence-electron chi connectivity index (χ3n) is 4.26. The summed E-state index contributed by atoms with van der Waals surface area (Å²) < 4.78 is 27.3. The van der Waals surface area contributed by atoms with E-state index >= 15 is 0 Å².